The van der Waals surface area contributed by atoms with Crippen LogP contribution < -0.4 is 10.5 Å². The van der Waals surface area contributed by atoms with Gasteiger partial charge in [0.05, 0.1) is 0 Å². The summed E-state index contributed by atoms with van der Waals surface area (Å²) in [6.07, 6.45) is 0. The van der Waals surface area contributed by atoms with Crippen molar-refractivity contribution in [2.45, 2.75) is 24.2 Å². The quantitative estimate of drug-likeness (QED) is 0.888. The third-order valence-electron chi connectivity index (χ3n) is 2.49. The van der Waals surface area contributed by atoms with E-state index in [1.165, 1.54) is 11.3 Å². The summed E-state index contributed by atoms with van der Waals surface area (Å²) >= 11 is 2.78. The van der Waals surface area contributed by atoms with Gasteiger partial charge in [-0.3, -0.25) is 0 Å². The average Bonchev–Trinajstić information content (AvgIpc) is 2.95. The van der Waals surface area contributed by atoms with Gasteiger partial charge in [-0.2, -0.15) is 11.3 Å². The van der Waals surface area contributed by atoms with Gasteiger partial charge in [-0.25, -0.2) is 13.1 Å². The summed E-state index contributed by atoms with van der Waals surface area (Å²) in [5, 5.41) is 3.85. The third kappa shape index (κ3) is 2.99. The number of rotatable bonds is 5. The second-order valence-corrected chi connectivity index (χ2v) is 7.74. The smallest absolute Gasteiger partial charge is 0.250 e. The Morgan fingerprint density at radius 1 is 1.44 bits per heavy atom. The zero-order chi connectivity index (χ0) is 13.2. The van der Waals surface area contributed by atoms with Crippen LogP contribution in [-0.4, -0.2) is 8.42 Å². The minimum Gasteiger partial charge on any atom is -0.326 e. The summed E-state index contributed by atoms with van der Waals surface area (Å²) in [5.41, 5.74) is 7.45. The first-order valence-electron chi connectivity index (χ1n) is 5.33. The van der Waals surface area contributed by atoms with E-state index >= 15 is 0 Å². The third-order valence-corrected chi connectivity index (χ3v) is 6.36. The van der Waals surface area contributed by atoms with Crippen LogP contribution in [0.3, 0.4) is 0 Å². The standard InChI is InChI=1S/C11H14N2O2S3/c1-8-4-11(17-10(8)5-12)18(14,15)13-6-9-2-3-16-7-9/h2-4,7,13H,5-6,12H2,1H3. The van der Waals surface area contributed by atoms with E-state index in [-0.39, 0.29) is 0 Å². The summed E-state index contributed by atoms with van der Waals surface area (Å²) in [6, 6.07) is 3.57. The molecule has 0 aliphatic heterocycles. The van der Waals surface area contributed by atoms with Gasteiger partial charge in [0, 0.05) is 18.0 Å². The first kappa shape index (κ1) is 13.7. The van der Waals surface area contributed by atoms with Gasteiger partial charge in [0.15, 0.2) is 0 Å². The number of nitrogens with one attached hydrogen (secondary N) is 1. The van der Waals surface area contributed by atoms with Gasteiger partial charge < -0.3 is 5.73 Å². The van der Waals surface area contributed by atoms with Crippen LogP contribution in [-0.2, 0) is 23.1 Å². The van der Waals surface area contributed by atoms with E-state index in [0.717, 1.165) is 16.0 Å². The predicted octanol–water partition coefficient (Wildman–Crippen LogP) is 2.06. The van der Waals surface area contributed by atoms with Crippen LogP contribution in [0.15, 0.2) is 27.1 Å². The molecule has 2 aromatic heterocycles. The molecule has 0 spiro atoms. The maximum Gasteiger partial charge on any atom is 0.250 e. The maximum absolute atomic E-state index is 12.1. The van der Waals surface area contributed by atoms with Crippen molar-refractivity contribution in [1.29, 1.82) is 0 Å². The Bertz CT molecular complexity index is 615. The molecule has 0 fully saturated rings. The van der Waals surface area contributed by atoms with Crippen molar-refractivity contribution >= 4 is 32.7 Å². The van der Waals surface area contributed by atoms with Gasteiger partial charge in [-0.1, -0.05) is 0 Å². The molecular formula is C11H14N2O2S3. The van der Waals surface area contributed by atoms with Crippen LogP contribution in [0.1, 0.15) is 16.0 Å². The van der Waals surface area contributed by atoms with E-state index < -0.39 is 10.0 Å². The lowest BCUT2D eigenvalue weighted by Gasteiger charge is -2.02. The van der Waals surface area contributed by atoms with Gasteiger partial charge in [0.2, 0.25) is 10.0 Å². The lowest BCUT2D eigenvalue weighted by Crippen LogP contribution is -2.22. The Labute approximate surface area is 115 Å². The molecule has 3 N–H and O–H groups in total. The van der Waals surface area contributed by atoms with E-state index in [9.17, 15) is 8.42 Å². The highest BCUT2D eigenvalue weighted by Crippen LogP contribution is 2.25. The predicted molar refractivity (Wildman–Crippen MR) is 75.3 cm³/mol. The summed E-state index contributed by atoms with van der Waals surface area (Å²) < 4.78 is 27.1. The normalized spacial score (nSPS) is 11.9. The van der Waals surface area contributed by atoms with Crippen molar-refractivity contribution in [3.05, 3.63) is 38.9 Å². The number of thiophene rings is 2. The molecule has 0 bridgehead atoms. The molecule has 0 amide bonds. The fourth-order valence-corrected chi connectivity index (χ4v) is 4.67. The minimum absolute atomic E-state index is 0.320. The number of aryl methyl sites for hydroxylation is 1. The van der Waals surface area contributed by atoms with Gasteiger partial charge in [0.1, 0.15) is 4.21 Å². The molecule has 4 nitrogen and oxygen atoms in total. The van der Waals surface area contributed by atoms with Crippen molar-refractivity contribution in [2.24, 2.45) is 5.73 Å². The average molecular weight is 302 g/mol. The molecule has 0 radical (unpaired) electrons. The van der Waals surface area contributed by atoms with E-state index in [0.29, 0.717) is 17.3 Å². The van der Waals surface area contributed by atoms with E-state index in [4.69, 9.17) is 5.73 Å². The van der Waals surface area contributed by atoms with Crippen LogP contribution >= 0.6 is 22.7 Å². The molecule has 0 saturated heterocycles. The molecule has 98 valence electrons. The molecular weight excluding hydrogens is 288 g/mol. The first-order chi connectivity index (χ1) is 8.53. The number of hydrogen-bond acceptors (Lipinski definition) is 5. The molecule has 0 unspecified atom stereocenters. The number of nitrogens with two attached hydrogens (primary N) is 1. The SMILES string of the molecule is Cc1cc(S(=O)(=O)NCc2ccsc2)sc1CN. The molecule has 0 aliphatic rings. The summed E-state index contributed by atoms with van der Waals surface area (Å²) in [7, 11) is -3.43. The van der Waals surface area contributed by atoms with Gasteiger partial charge in [0.25, 0.3) is 0 Å². The van der Waals surface area contributed by atoms with E-state index in [1.54, 1.807) is 17.4 Å². The lowest BCUT2D eigenvalue weighted by molar-refractivity contribution is 0.583. The van der Waals surface area contributed by atoms with Crippen molar-refractivity contribution in [3.8, 4) is 0 Å². The summed E-state index contributed by atoms with van der Waals surface area (Å²) in [4.78, 5) is 0.908. The Kier molecular flexibility index (Phi) is 4.18. The highest BCUT2D eigenvalue weighted by Gasteiger charge is 2.18. The Hall–Kier alpha value is -0.730. The Morgan fingerprint density at radius 3 is 2.78 bits per heavy atom. The van der Waals surface area contributed by atoms with Gasteiger partial charge in [-0.05, 0) is 40.9 Å². The largest absolute Gasteiger partial charge is 0.326 e. The fourth-order valence-electron chi connectivity index (χ4n) is 1.47. The molecule has 0 aliphatic carbocycles. The molecule has 2 aromatic rings. The fraction of sp³-hybridized carbons (Fsp3) is 0.273. The van der Waals surface area contributed by atoms with Crippen molar-refractivity contribution in [1.82, 2.24) is 4.72 Å². The molecule has 0 atom stereocenters. The number of sulfonamides is 1. The van der Waals surface area contributed by atoms with Crippen molar-refractivity contribution < 1.29 is 8.42 Å². The lowest BCUT2D eigenvalue weighted by atomic mass is 10.3. The van der Waals surface area contributed by atoms with Crippen molar-refractivity contribution in [2.75, 3.05) is 0 Å². The Balaban J connectivity index is 2.14. The van der Waals surface area contributed by atoms with Crippen molar-refractivity contribution in [3.63, 3.8) is 0 Å². The van der Waals surface area contributed by atoms with Crippen LogP contribution in [0.4, 0.5) is 0 Å². The summed E-state index contributed by atoms with van der Waals surface area (Å²) in [6.45, 7) is 2.56. The highest BCUT2D eigenvalue weighted by atomic mass is 32.2. The Morgan fingerprint density at radius 2 is 2.22 bits per heavy atom. The second-order valence-electron chi connectivity index (χ2n) is 3.83. The van der Waals surface area contributed by atoms with Crippen LogP contribution in [0.5, 0.6) is 0 Å². The minimum atomic E-state index is -3.43. The van der Waals surface area contributed by atoms with Gasteiger partial charge in [-0.15, -0.1) is 11.3 Å². The maximum atomic E-state index is 12.1. The second kappa shape index (κ2) is 5.50. The molecule has 18 heavy (non-hydrogen) atoms. The zero-order valence-corrected chi connectivity index (χ0v) is 12.3. The van der Waals surface area contributed by atoms with E-state index in [1.807, 2.05) is 23.8 Å². The zero-order valence-electron chi connectivity index (χ0n) is 9.84. The molecule has 2 heterocycles. The monoisotopic (exact) mass is 302 g/mol. The molecule has 2 rings (SSSR count). The van der Waals surface area contributed by atoms with E-state index in [2.05, 4.69) is 4.72 Å². The topological polar surface area (TPSA) is 72.2 Å². The molecule has 7 heteroatoms. The number of hydrogen-bond donors (Lipinski definition) is 2. The summed E-state index contributed by atoms with van der Waals surface area (Å²) in [5.74, 6) is 0. The molecule has 0 aromatic carbocycles. The first-order valence-corrected chi connectivity index (χ1v) is 8.57. The molecule has 0 saturated carbocycles. The van der Waals surface area contributed by atoms with Crippen LogP contribution in [0.25, 0.3) is 0 Å². The highest BCUT2D eigenvalue weighted by molar-refractivity contribution is 7.91. The van der Waals surface area contributed by atoms with Crippen LogP contribution in [0.2, 0.25) is 0 Å². The van der Waals surface area contributed by atoms with Crippen LogP contribution in [0, 0.1) is 6.92 Å². The van der Waals surface area contributed by atoms with Gasteiger partial charge >= 0.3 is 0 Å².